The van der Waals surface area contributed by atoms with E-state index in [2.05, 4.69) is 41.4 Å². The highest BCUT2D eigenvalue weighted by Gasteiger charge is 2.35. The van der Waals surface area contributed by atoms with Crippen LogP contribution in [0.15, 0.2) is 78.2 Å². The summed E-state index contributed by atoms with van der Waals surface area (Å²) in [6.07, 6.45) is 12.2. The predicted octanol–water partition coefficient (Wildman–Crippen LogP) is 5.89. The normalized spacial score (nSPS) is 18.3. The van der Waals surface area contributed by atoms with Gasteiger partial charge in [-0.15, -0.1) is 11.8 Å². The molecule has 0 bridgehead atoms. The number of benzene rings is 2. The van der Waals surface area contributed by atoms with Crippen molar-refractivity contribution < 1.29 is 5.11 Å². The molecule has 1 saturated carbocycles. The second-order valence-electron chi connectivity index (χ2n) is 8.38. The minimum atomic E-state index is -0.944. The third-order valence-electron chi connectivity index (χ3n) is 5.89. The van der Waals surface area contributed by atoms with Crippen molar-refractivity contribution in [2.45, 2.75) is 67.2 Å². The van der Waals surface area contributed by atoms with E-state index in [0.717, 1.165) is 16.4 Å². The summed E-state index contributed by atoms with van der Waals surface area (Å²) in [5.74, 6) is -0.111. The first-order valence-corrected chi connectivity index (χ1v) is 11.5. The number of nitrogens with zero attached hydrogens (tertiary/aromatic N) is 2. The Morgan fingerprint density at radius 2 is 1.72 bits per heavy atom. The molecule has 2 aromatic carbocycles. The second kappa shape index (κ2) is 9.19. The van der Waals surface area contributed by atoms with E-state index in [9.17, 15) is 5.11 Å². The molecule has 1 fully saturated rings. The summed E-state index contributed by atoms with van der Waals surface area (Å²) in [7, 11) is 0. The third-order valence-corrected chi connectivity index (χ3v) is 7.23. The Kier molecular flexibility index (Phi) is 6.41. The maximum Gasteiger partial charge on any atom is 0.0946 e. The van der Waals surface area contributed by atoms with Crippen LogP contribution in [0.2, 0.25) is 0 Å². The minimum absolute atomic E-state index is 0.111. The molecule has 0 aliphatic heterocycles. The van der Waals surface area contributed by atoms with Gasteiger partial charge in [-0.1, -0.05) is 61.7 Å². The molecule has 1 N–H and O–H groups in total. The molecular weight excluding hydrogens is 376 g/mol. The fourth-order valence-electron chi connectivity index (χ4n) is 4.51. The molecule has 4 heteroatoms. The highest BCUT2D eigenvalue weighted by Crippen LogP contribution is 2.38. The minimum Gasteiger partial charge on any atom is -0.387 e. The molecule has 0 spiro atoms. The Balaban J connectivity index is 1.59. The standard InChI is InChI=1S/C25H30N2OS/c1-25(28,18-27-17-16-26-19-27)24(20-8-4-2-5-9-20)21-12-14-23(15-13-21)29-22-10-6-3-7-11-22/h2,4-5,8-9,12-17,19,22,24,28H,3,6-7,10-11,18H2,1H3. The molecule has 1 aliphatic carbocycles. The van der Waals surface area contributed by atoms with E-state index in [1.807, 2.05) is 47.6 Å². The van der Waals surface area contributed by atoms with E-state index in [1.165, 1.54) is 37.0 Å². The van der Waals surface area contributed by atoms with Crippen molar-refractivity contribution in [1.29, 1.82) is 0 Å². The molecule has 0 amide bonds. The van der Waals surface area contributed by atoms with E-state index >= 15 is 0 Å². The monoisotopic (exact) mass is 406 g/mol. The van der Waals surface area contributed by atoms with Crippen LogP contribution in [0.5, 0.6) is 0 Å². The van der Waals surface area contributed by atoms with Crippen LogP contribution in [0.3, 0.4) is 0 Å². The maximum absolute atomic E-state index is 11.5. The van der Waals surface area contributed by atoms with Gasteiger partial charge in [-0.05, 0) is 43.0 Å². The van der Waals surface area contributed by atoms with Gasteiger partial charge in [-0.25, -0.2) is 4.98 Å². The molecule has 4 rings (SSSR count). The van der Waals surface area contributed by atoms with Gasteiger partial charge in [0.25, 0.3) is 0 Å². The van der Waals surface area contributed by atoms with Gasteiger partial charge in [0.2, 0.25) is 0 Å². The summed E-state index contributed by atoms with van der Waals surface area (Å²) in [6, 6.07) is 19.2. The molecule has 1 heterocycles. The number of aromatic nitrogens is 2. The lowest BCUT2D eigenvalue weighted by Crippen LogP contribution is -2.38. The second-order valence-corrected chi connectivity index (χ2v) is 9.76. The quantitative estimate of drug-likeness (QED) is 0.531. The zero-order chi connectivity index (χ0) is 20.1. The van der Waals surface area contributed by atoms with Gasteiger partial charge in [0, 0.05) is 28.5 Å². The van der Waals surface area contributed by atoms with Crippen LogP contribution >= 0.6 is 11.8 Å². The Hall–Kier alpha value is -2.04. The molecule has 0 radical (unpaired) electrons. The van der Waals surface area contributed by atoms with E-state index in [1.54, 1.807) is 12.5 Å². The fourth-order valence-corrected chi connectivity index (χ4v) is 5.76. The third kappa shape index (κ3) is 5.12. The first-order chi connectivity index (χ1) is 14.1. The lowest BCUT2D eigenvalue weighted by atomic mass is 9.78. The number of aliphatic hydroxyl groups is 1. The van der Waals surface area contributed by atoms with Crippen LogP contribution in [0, 0.1) is 0 Å². The van der Waals surface area contributed by atoms with Crippen molar-refractivity contribution in [3.8, 4) is 0 Å². The van der Waals surface area contributed by atoms with Crippen molar-refractivity contribution >= 4 is 11.8 Å². The van der Waals surface area contributed by atoms with Crippen LogP contribution in [0.1, 0.15) is 56.1 Å². The first-order valence-electron chi connectivity index (χ1n) is 10.6. The smallest absolute Gasteiger partial charge is 0.0946 e. The Bertz CT molecular complexity index is 869. The highest BCUT2D eigenvalue weighted by atomic mass is 32.2. The molecule has 0 saturated heterocycles. The first kappa shape index (κ1) is 20.2. The molecule has 29 heavy (non-hydrogen) atoms. The van der Waals surface area contributed by atoms with Crippen LogP contribution in [0.4, 0.5) is 0 Å². The fraction of sp³-hybridized carbons (Fsp3) is 0.400. The number of rotatable bonds is 7. The van der Waals surface area contributed by atoms with E-state index in [-0.39, 0.29) is 5.92 Å². The zero-order valence-corrected chi connectivity index (χ0v) is 17.9. The van der Waals surface area contributed by atoms with Gasteiger partial charge in [-0.2, -0.15) is 0 Å². The summed E-state index contributed by atoms with van der Waals surface area (Å²) in [5.41, 5.74) is 1.33. The molecule has 1 aliphatic rings. The lowest BCUT2D eigenvalue weighted by molar-refractivity contribution is 0.0252. The number of thioether (sulfide) groups is 1. The Morgan fingerprint density at radius 3 is 2.38 bits per heavy atom. The average molecular weight is 407 g/mol. The maximum atomic E-state index is 11.5. The number of hydrogen-bond acceptors (Lipinski definition) is 3. The van der Waals surface area contributed by atoms with Crippen molar-refractivity contribution in [1.82, 2.24) is 9.55 Å². The summed E-state index contributed by atoms with van der Waals surface area (Å²) in [6.45, 7) is 2.42. The van der Waals surface area contributed by atoms with Crippen molar-refractivity contribution in [2.24, 2.45) is 0 Å². The number of hydrogen-bond donors (Lipinski definition) is 1. The van der Waals surface area contributed by atoms with Gasteiger partial charge >= 0.3 is 0 Å². The predicted molar refractivity (Wildman–Crippen MR) is 120 cm³/mol. The lowest BCUT2D eigenvalue weighted by Gasteiger charge is -2.34. The summed E-state index contributed by atoms with van der Waals surface area (Å²) in [4.78, 5) is 5.46. The van der Waals surface area contributed by atoms with Gasteiger partial charge in [-0.3, -0.25) is 0 Å². The van der Waals surface area contributed by atoms with Gasteiger partial charge in [0.1, 0.15) is 0 Å². The summed E-state index contributed by atoms with van der Waals surface area (Å²) < 4.78 is 1.95. The number of imidazole rings is 1. The van der Waals surface area contributed by atoms with Crippen LogP contribution in [-0.4, -0.2) is 25.5 Å². The summed E-state index contributed by atoms with van der Waals surface area (Å²) >= 11 is 2.02. The Morgan fingerprint density at radius 1 is 1.03 bits per heavy atom. The SMILES string of the molecule is CC(O)(Cn1ccnc1)C(c1ccccc1)c1ccc(SC2CCCCC2)cc1. The van der Waals surface area contributed by atoms with Gasteiger partial charge < -0.3 is 9.67 Å². The van der Waals surface area contributed by atoms with Crippen molar-refractivity contribution in [2.75, 3.05) is 0 Å². The van der Waals surface area contributed by atoms with Gasteiger partial charge in [0.05, 0.1) is 18.5 Å². The van der Waals surface area contributed by atoms with E-state index in [4.69, 9.17) is 0 Å². The largest absolute Gasteiger partial charge is 0.387 e. The van der Waals surface area contributed by atoms with E-state index in [0.29, 0.717) is 6.54 Å². The molecule has 2 atom stereocenters. The molecule has 152 valence electrons. The van der Waals surface area contributed by atoms with Crippen molar-refractivity contribution in [3.63, 3.8) is 0 Å². The van der Waals surface area contributed by atoms with E-state index < -0.39 is 5.60 Å². The molecule has 2 unspecified atom stereocenters. The van der Waals surface area contributed by atoms with Crippen LogP contribution in [0.25, 0.3) is 0 Å². The molecular formula is C25H30N2OS. The summed E-state index contributed by atoms with van der Waals surface area (Å²) in [5, 5.41) is 12.3. The Labute approximate surface area is 178 Å². The molecule has 3 aromatic rings. The molecule has 3 nitrogen and oxygen atoms in total. The van der Waals surface area contributed by atoms with Crippen LogP contribution < -0.4 is 0 Å². The van der Waals surface area contributed by atoms with Gasteiger partial charge in [0.15, 0.2) is 0 Å². The topological polar surface area (TPSA) is 38.0 Å². The zero-order valence-electron chi connectivity index (χ0n) is 17.1. The average Bonchev–Trinajstić information content (AvgIpc) is 3.23. The van der Waals surface area contributed by atoms with Crippen molar-refractivity contribution in [3.05, 3.63) is 84.4 Å². The molecule has 1 aromatic heterocycles. The van der Waals surface area contributed by atoms with Crippen LogP contribution in [-0.2, 0) is 6.54 Å². The highest BCUT2D eigenvalue weighted by molar-refractivity contribution is 8.00.